The van der Waals surface area contributed by atoms with E-state index in [1.165, 1.54) is 37.0 Å². The molecule has 0 spiro atoms. The minimum absolute atomic E-state index is 0.317. The van der Waals surface area contributed by atoms with Crippen molar-refractivity contribution in [1.82, 2.24) is 30.0 Å². The number of pyridine rings is 1. The highest BCUT2D eigenvalue weighted by atomic mass is 19.1. The monoisotopic (exact) mass is 534 g/mol. The van der Waals surface area contributed by atoms with Gasteiger partial charge in [0.05, 0.1) is 16.6 Å². The second-order valence-corrected chi connectivity index (χ2v) is 10.1. The molecule has 6 nitrogen and oxygen atoms in total. The van der Waals surface area contributed by atoms with Gasteiger partial charge in [0.25, 0.3) is 0 Å². The molecule has 0 atom stereocenters. The van der Waals surface area contributed by atoms with Gasteiger partial charge in [-0.15, -0.1) is 0 Å². The van der Waals surface area contributed by atoms with Crippen molar-refractivity contribution < 1.29 is 4.39 Å². The maximum absolute atomic E-state index is 13.9. The Bertz CT molecular complexity index is 1730. The Morgan fingerprint density at radius 2 is 1.98 bits per heavy atom. The third kappa shape index (κ3) is 5.95. The van der Waals surface area contributed by atoms with Crippen LogP contribution in [0.2, 0.25) is 0 Å². The molecule has 1 aromatic carbocycles. The number of hydrogen-bond acceptors (Lipinski definition) is 4. The second-order valence-electron chi connectivity index (χ2n) is 10.1. The Hall–Kier alpha value is -4.36. The summed E-state index contributed by atoms with van der Waals surface area (Å²) in [4.78, 5) is 15.1. The van der Waals surface area contributed by atoms with E-state index >= 15 is 0 Å². The first kappa shape index (κ1) is 27.2. The van der Waals surface area contributed by atoms with Crippen LogP contribution in [-0.4, -0.2) is 49.7 Å². The Morgan fingerprint density at radius 1 is 1.15 bits per heavy atom. The quantitative estimate of drug-likeness (QED) is 0.279. The predicted molar refractivity (Wildman–Crippen MR) is 162 cm³/mol. The van der Waals surface area contributed by atoms with Gasteiger partial charge in [-0.05, 0) is 80.8 Å². The van der Waals surface area contributed by atoms with Gasteiger partial charge < -0.3 is 4.98 Å². The first-order chi connectivity index (χ1) is 19.5. The third-order valence-electron chi connectivity index (χ3n) is 7.35. The molecule has 1 aliphatic heterocycles. The average Bonchev–Trinajstić information content (AvgIpc) is 3.57. The first-order valence-electron chi connectivity index (χ1n) is 13.7. The molecule has 2 N–H and O–H groups in total. The van der Waals surface area contributed by atoms with Gasteiger partial charge in [0.1, 0.15) is 17.0 Å². The predicted octanol–water partition coefficient (Wildman–Crippen LogP) is 5.84. The van der Waals surface area contributed by atoms with E-state index in [2.05, 4.69) is 70.3 Å². The highest BCUT2D eigenvalue weighted by molar-refractivity contribution is 5.91. The van der Waals surface area contributed by atoms with Crippen LogP contribution in [0.25, 0.3) is 46.5 Å². The number of allylic oxidation sites excluding steroid dienone is 5. The summed E-state index contributed by atoms with van der Waals surface area (Å²) in [5.41, 5.74) is 6.85. The lowest BCUT2D eigenvalue weighted by Gasteiger charge is -2.26. The van der Waals surface area contributed by atoms with E-state index < -0.39 is 0 Å². The number of benzene rings is 1. The van der Waals surface area contributed by atoms with Gasteiger partial charge in [-0.1, -0.05) is 56.0 Å². The molecule has 0 bridgehead atoms. The van der Waals surface area contributed by atoms with Crippen LogP contribution in [0.5, 0.6) is 0 Å². The average molecular weight is 535 g/mol. The van der Waals surface area contributed by atoms with Crippen molar-refractivity contribution >= 4 is 23.7 Å². The zero-order valence-electron chi connectivity index (χ0n) is 23.2. The van der Waals surface area contributed by atoms with Crippen LogP contribution >= 0.6 is 0 Å². The van der Waals surface area contributed by atoms with Gasteiger partial charge in [0.15, 0.2) is 5.82 Å². The molecular formula is C33H35FN6. The fourth-order valence-electron chi connectivity index (χ4n) is 5.08. The van der Waals surface area contributed by atoms with E-state index in [1.54, 1.807) is 12.3 Å². The molecule has 0 unspecified atom stereocenters. The van der Waals surface area contributed by atoms with Gasteiger partial charge >= 0.3 is 0 Å². The Kier molecular flexibility index (Phi) is 8.31. The first-order valence-corrected chi connectivity index (χ1v) is 13.7. The number of H-pyrrole nitrogens is 2. The summed E-state index contributed by atoms with van der Waals surface area (Å²) in [5.74, 6) is 0.259. The van der Waals surface area contributed by atoms with Crippen LogP contribution in [0, 0.1) is 5.82 Å². The highest BCUT2D eigenvalue weighted by Crippen LogP contribution is 2.27. The molecule has 0 radical (unpaired) electrons. The van der Waals surface area contributed by atoms with Crippen LogP contribution in [0.1, 0.15) is 33.1 Å². The van der Waals surface area contributed by atoms with Gasteiger partial charge in [-0.2, -0.15) is 5.10 Å². The van der Waals surface area contributed by atoms with Gasteiger partial charge in [-0.25, -0.2) is 9.37 Å². The summed E-state index contributed by atoms with van der Waals surface area (Å²) in [6, 6.07) is 8.20. The van der Waals surface area contributed by atoms with Gasteiger partial charge in [0.2, 0.25) is 0 Å². The van der Waals surface area contributed by atoms with Crippen molar-refractivity contribution in [2.45, 2.75) is 33.1 Å². The van der Waals surface area contributed by atoms with Crippen LogP contribution in [-0.2, 0) is 0 Å². The number of aromatic amines is 2. The molecule has 4 aromatic rings. The van der Waals surface area contributed by atoms with Crippen molar-refractivity contribution in [2.24, 2.45) is 0 Å². The number of likely N-dealkylation sites (tertiary alicyclic amines) is 1. The van der Waals surface area contributed by atoms with Crippen LogP contribution < -0.4 is 10.6 Å². The van der Waals surface area contributed by atoms with E-state index in [1.807, 2.05) is 24.3 Å². The Balaban J connectivity index is 1.41. The molecule has 1 aliphatic rings. The van der Waals surface area contributed by atoms with Crippen LogP contribution in [0.4, 0.5) is 4.39 Å². The molecule has 3 aromatic heterocycles. The summed E-state index contributed by atoms with van der Waals surface area (Å²) in [7, 11) is 0. The van der Waals surface area contributed by atoms with E-state index in [4.69, 9.17) is 4.98 Å². The van der Waals surface area contributed by atoms with E-state index in [0.717, 1.165) is 46.9 Å². The van der Waals surface area contributed by atoms with Crippen molar-refractivity contribution in [3.8, 4) is 22.8 Å². The van der Waals surface area contributed by atoms with E-state index in [0.29, 0.717) is 28.3 Å². The fourth-order valence-corrected chi connectivity index (χ4v) is 5.08. The smallest absolute Gasteiger partial charge is 0.159 e. The normalized spacial score (nSPS) is 16.2. The minimum atomic E-state index is -0.317. The molecule has 204 valence electrons. The molecule has 4 heterocycles. The van der Waals surface area contributed by atoms with E-state index in [9.17, 15) is 4.39 Å². The zero-order valence-corrected chi connectivity index (χ0v) is 23.2. The molecule has 40 heavy (non-hydrogen) atoms. The number of aromatic nitrogens is 5. The molecular weight excluding hydrogens is 499 g/mol. The van der Waals surface area contributed by atoms with Crippen molar-refractivity contribution in [2.75, 3.05) is 19.6 Å². The molecule has 5 rings (SSSR count). The summed E-state index contributed by atoms with van der Waals surface area (Å²) < 4.78 is 13.9. The topological polar surface area (TPSA) is 73.5 Å². The highest BCUT2D eigenvalue weighted by Gasteiger charge is 2.15. The number of hydrogen-bond donors (Lipinski definition) is 2. The lowest BCUT2D eigenvalue weighted by molar-refractivity contribution is 0.248. The summed E-state index contributed by atoms with van der Waals surface area (Å²) >= 11 is 0. The molecule has 1 fully saturated rings. The lowest BCUT2D eigenvalue weighted by atomic mass is 10.0. The number of rotatable bonds is 8. The van der Waals surface area contributed by atoms with Crippen LogP contribution in [0.3, 0.4) is 0 Å². The SMILES string of the molecule is C=C\C(=C/C(=C\C)C(/C)=C/C=c1/[nH]nc(-c2nc3c(-c4cccc(F)c4)nccc3[nH]2)c1=C)CN1CCCCC1. The van der Waals surface area contributed by atoms with Gasteiger partial charge in [0, 0.05) is 23.5 Å². The largest absolute Gasteiger partial charge is 0.336 e. The molecule has 0 saturated carbocycles. The maximum Gasteiger partial charge on any atom is 0.159 e. The molecule has 0 amide bonds. The van der Waals surface area contributed by atoms with Gasteiger partial charge in [-0.3, -0.25) is 15.0 Å². The third-order valence-corrected chi connectivity index (χ3v) is 7.35. The van der Waals surface area contributed by atoms with E-state index in [-0.39, 0.29) is 5.82 Å². The number of piperidine rings is 1. The fraction of sp³-hybridized carbons (Fsp3) is 0.242. The lowest BCUT2D eigenvalue weighted by Crippen LogP contribution is -2.31. The van der Waals surface area contributed by atoms with Crippen molar-refractivity contribution in [1.29, 1.82) is 0 Å². The minimum Gasteiger partial charge on any atom is -0.336 e. The van der Waals surface area contributed by atoms with Crippen LogP contribution in [0.15, 0.2) is 84.1 Å². The van der Waals surface area contributed by atoms with Crippen molar-refractivity contribution in [3.05, 3.63) is 101 Å². The summed E-state index contributed by atoms with van der Waals surface area (Å²) in [5, 5.41) is 9.13. The molecule has 1 saturated heterocycles. The number of imidazole rings is 1. The Morgan fingerprint density at radius 3 is 2.73 bits per heavy atom. The number of nitrogens with zero attached hydrogens (tertiary/aromatic N) is 4. The molecule has 0 aliphatic carbocycles. The zero-order chi connectivity index (χ0) is 28.1. The number of nitrogens with one attached hydrogen (secondary N) is 2. The summed E-state index contributed by atoms with van der Waals surface area (Å²) in [6.45, 7) is 15.7. The van der Waals surface area contributed by atoms with Crippen molar-refractivity contribution in [3.63, 3.8) is 0 Å². The second kappa shape index (κ2) is 12.2. The summed E-state index contributed by atoms with van der Waals surface area (Å²) in [6.07, 6.45) is 15.9. The molecule has 7 heteroatoms. The maximum atomic E-state index is 13.9. The standard InChI is InChI=1S/C33H35FN6/c1-5-24(21-40-17-8-7-9-18-40)19-25(6-2)22(3)13-14-28-23(4)30(39-38-28)33-36-29-15-16-35-31(32(29)37-33)26-11-10-12-27(34)20-26/h5-6,10-16,19-20,38H,1,4,7-9,17-18,21H2,2-3H3,(H,36,37)/b22-13+,24-19+,25-6+,28-14+. The number of fused-ring (bicyclic) bond motifs is 1. The Labute approximate surface area is 234 Å². The number of halogens is 1.